The normalized spacial score (nSPS) is 18.1. The largest absolute Gasteiger partial charge is 0.458 e. The molecule has 77 heavy (non-hydrogen) atoms. The molecule has 3 atom stereocenters. The van der Waals surface area contributed by atoms with Gasteiger partial charge in [-0.25, -0.2) is 9.59 Å². The second-order valence-electron chi connectivity index (χ2n) is 20.0. The number of hydrogen-bond donors (Lipinski definition) is 5. The SMILES string of the molecule is C=CCOC(=O)c1ccc(C[N+](CCCN2CC3=C(C2=O)[C@@H](c2ccc(N)cc2)NC(=O)N3c2cccc(C(F)(F)F)c2)(CCN2CC(Nc3cccc(C(F)(F)F)c3)=C([C@H](N)c3ccc(N)cc3)C2=O)CC2CC2)cc1. The van der Waals surface area contributed by atoms with E-state index in [1.807, 2.05) is 12.1 Å². The Balaban J connectivity index is 1.01. The van der Waals surface area contributed by atoms with E-state index in [1.54, 1.807) is 70.5 Å². The molecule has 0 radical (unpaired) electrons. The number of quaternary nitrogens is 1. The molecule has 0 bridgehead atoms. The zero-order valence-corrected chi connectivity index (χ0v) is 41.9. The number of hydrogen-bond acceptors (Lipinski definition) is 9. The van der Waals surface area contributed by atoms with Crippen molar-refractivity contribution < 1.29 is 54.7 Å². The highest BCUT2D eigenvalue weighted by Gasteiger charge is 2.46. The lowest BCUT2D eigenvalue weighted by Gasteiger charge is -2.41. The van der Waals surface area contributed by atoms with Gasteiger partial charge in [-0.1, -0.05) is 61.2 Å². The van der Waals surface area contributed by atoms with Gasteiger partial charge >= 0.3 is 24.4 Å². The number of nitrogen functional groups attached to an aromatic ring is 2. The van der Waals surface area contributed by atoms with Crippen molar-refractivity contribution in [3.63, 3.8) is 0 Å². The number of rotatable bonds is 20. The summed E-state index contributed by atoms with van der Waals surface area (Å²) in [4.78, 5) is 60.7. The summed E-state index contributed by atoms with van der Waals surface area (Å²) in [5.41, 5.74) is 21.2. The molecule has 5 aromatic carbocycles. The van der Waals surface area contributed by atoms with Crippen LogP contribution in [0, 0.1) is 5.92 Å². The van der Waals surface area contributed by atoms with Crippen molar-refractivity contribution in [2.75, 3.05) is 74.1 Å². The van der Waals surface area contributed by atoms with E-state index in [1.165, 1.54) is 30.3 Å². The van der Waals surface area contributed by atoms with Crippen LogP contribution < -0.4 is 32.7 Å². The first-order valence-corrected chi connectivity index (χ1v) is 25.2. The molecule has 20 heteroatoms. The second kappa shape index (κ2) is 21.9. The topological polar surface area (TPSA) is 189 Å². The third-order valence-corrected chi connectivity index (χ3v) is 14.5. The molecule has 0 aromatic heterocycles. The Bertz CT molecular complexity index is 3120. The summed E-state index contributed by atoms with van der Waals surface area (Å²) in [5.74, 6) is -1.01. The number of ether oxygens (including phenoxy) is 1. The standard InChI is InChI=1S/C57H57F6N9O5/c1-2-28-77-54(75)39-14-12-36(13-15-39)34-72(33-35-10-11-35,27-25-70-31-46(67-44-8-3-6-40(29-44)56(58,59)60)48(52(70)73)50(66)37-16-20-42(64)21-17-37)26-5-24-69-32-47-49(53(69)74)51(38-18-22-43(65)23-19-38)68-55(76)71(47)45-9-4-7-41(30-45)57(61,62)63/h2-4,6-9,12-23,29-30,35,50-51H,1,5,10-11,24-28,31-34,64-66H2,(H-,67,68,73,76)/p+1/t50-,51-,72?/m1/s1. The van der Waals surface area contributed by atoms with Crippen LogP contribution in [0.2, 0.25) is 0 Å². The first-order valence-electron chi connectivity index (χ1n) is 25.2. The number of nitrogens with zero attached hydrogens (tertiary/aromatic N) is 4. The minimum absolute atomic E-state index is 0.00183. The highest BCUT2D eigenvalue weighted by molar-refractivity contribution is 6.07. The molecular weight excluding hydrogens is 1000 g/mol. The lowest BCUT2D eigenvalue weighted by Crippen LogP contribution is -2.54. The number of carbonyl (C=O) groups excluding carboxylic acids is 4. The number of nitrogens with one attached hydrogen (secondary N) is 2. The van der Waals surface area contributed by atoms with Crippen molar-refractivity contribution in [2.45, 2.75) is 50.2 Å². The molecule has 4 amide bonds. The van der Waals surface area contributed by atoms with Crippen molar-refractivity contribution in [3.05, 3.63) is 190 Å². The summed E-state index contributed by atoms with van der Waals surface area (Å²) in [6.45, 7) is 5.89. The van der Waals surface area contributed by atoms with Gasteiger partial charge in [-0.15, -0.1) is 0 Å². The van der Waals surface area contributed by atoms with Crippen molar-refractivity contribution in [1.29, 1.82) is 0 Å². The van der Waals surface area contributed by atoms with Gasteiger partial charge in [0.2, 0.25) is 0 Å². The Kier molecular flexibility index (Phi) is 15.3. The van der Waals surface area contributed by atoms with Gasteiger partial charge in [0.05, 0.1) is 90.6 Å². The average Bonchev–Trinajstić information content (AvgIpc) is 4.17. The minimum Gasteiger partial charge on any atom is -0.458 e. The second-order valence-corrected chi connectivity index (χ2v) is 20.0. The van der Waals surface area contributed by atoms with E-state index in [4.69, 9.17) is 21.9 Å². The molecule has 402 valence electrons. The average molecular weight is 1060 g/mol. The first-order chi connectivity index (χ1) is 36.7. The first kappa shape index (κ1) is 53.7. The molecule has 8 N–H and O–H groups in total. The van der Waals surface area contributed by atoms with Crippen molar-refractivity contribution >= 4 is 46.6 Å². The van der Waals surface area contributed by atoms with E-state index < -0.39 is 59.4 Å². The summed E-state index contributed by atoms with van der Waals surface area (Å²) in [5, 5.41) is 5.96. The van der Waals surface area contributed by atoms with E-state index in [0.29, 0.717) is 76.8 Å². The highest BCUT2D eigenvalue weighted by Crippen LogP contribution is 2.42. The predicted octanol–water partition coefficient (Wildman–Crippen LogP) is 9.32. The van der Waals surface area contributed by atoms with Gasteiger partial charge in [0, 0.05) is 47.2 Å². The number of carbonyl (C=O) groups is 4. The Morgan fingerprint density at radius 2 is 1.43 bits per heavy atom. The maximum Gasteiger partial charge on any atom is 0.416 e. The summed E-state index contributed by atoms with van der Waals surface area (Å²) in [7, 11) is 0. The van der Waals surface area contributed by atoms with Crippen LogP contribution in [0.4, 0.5) is 53.9 Å². The van der Waals surface area contributed by atoms with Crippen LogP contribution in [0.15, 0.2) is 157 Å². The molecule has 14 nitrogen and oxygen atoms in total. The molecule has 3 heterocycles. The molecule has 0 spiro atoms. The number of benzene rings is 5. The summed E-state index contributed by atoms with van der Waals surface area (Å²) in [6.07, 6.45) is -5.52. The summed E-state index contributed by atoms with van der Waals surface area (Å²) in [6, 6.07) is 26.8. The molecule has 5 aromatic rings. The lowest BCUT2D eigenvalue weighted by molar-refractivity contribution is -0.942. The van der Waals surface area contributed by atoms with E-state index in [0.717, 1.165) is 47.6 Å². The highest BCUT2D eigenvalue weighted by atomic mass is 19.4. The smallest absolute Gasteiger partial charge is 0.416 e. The molecular formula is C57H58F6N9O5+. The van der Waals surface area contributed by atoms with Crippen LogP contribution in [0.1, 0.15) is 69.5 Å². The van der Waals surface area contributed by atoms with E-state index in [-0.39, 0.29) is 61.0 Å². The van der Waals surface area contributed by atoms with Crippen LogP contribution in [-0.4, -0.2) is 90.5 Å². The van der Waals surface area contributed by atoms with Gasteiger partial charge in [-0.2, -0.15) is 26.3 Å². The molecule has 1 saturated carbocycles. The van der Waals surface area contributed by atoms with Crippen molar-refractivity contribution in [3.8, 4) is 0 Å². The van der Waals surface area contributed by atoms with E-state index >= 15 is 0 Å². The lowest BCUT2D eigenvalue weighted by atomic mass is 9.95. The Hall–Kier alpha value is -8.10. The van der Waals surface area contributed by atoms with Crippen LogP contribution in [0.25, 0.3) is 0 Å². The number of urea groups is 1. The zero-order chi connectivity index (χ0) is 54.8. The van der Waals surface area contributed by atoms with E-state index in [2.05, 4.69) is 17.2 Å². The molecule has 1 fully saturated rings. The Morgan fingerprint density at radius 3 is 2.08 bits per heavy atom. The predicted molar refractivity (Wildman–Crippen MR) is 279 cm³/mol. The number of esters is 1. The number of anilines is 4. The van der Waals surface area contributed by atoms with Gasteiger partial charge < -0.3 is 46.9 Å². The van der Waals surface area contributed by atoms with Crippen molar-refractivity contribution in [1.82, 2.24) is 15.1 Å². The molecule has 3 aliphatic heterocycles. The molecule has 4 aliphatic rings. The molecule has 1 unspecified atom stereocenters. The van der Waals surface area contributed by atoms with Gasteiger partial charge in [0.15, 0.2) is 0 Å². The molecule has 0 saturated heterocycles. The molecule has 9 rings (SSSR count). The van der Waals surface area contributed by atoms with Gasteiger partial charge in [-0.05, 0) is 96.8 Å². The Morgan fingerprint density at radius 1 is 0.792 bits per heavy atom. The number of amides is 4. The summed E-state index contributed by atoms with van der Waals surface area (Å²) >= 11 is 0. The fraction of sp³-hybridized carbons (Fsp3) is 0.298. The fourth-order valence-corrected chi connectivity index (χ4v) is 10.4. The third kappa shape index (κ3) is 12.1. The fourth-order valence-electron chi connectivity index (χ4n) is 10.4. The monoisotopic (exact) mass is 1060 g/mol. The maximum absolute atomic E-state index is 14.8. The van der Waals surface area contributed by atoms with E-state index in [9.17, 15) is 45.5 Å². The Labute approximate surface area is 441 Å². The quantitative estimate of drug-likeness (QED) is 0.0166. The maximum atomic E-state index is 14.8. The molecule has 1 aliphatic carbocycles. The zero-order valence-electron chi connectivity index (χ0n) is 41.9. The third-order valence-electron chi connectivity index (χ3n) is 14.5. The van der Waals surface area contributed by atoms with Gasteiger partial charge in [0.1, 0.15) is 13.2 Å². The number of alkyl halides is 6. The van der Waals surface area contributed by atoms with Crippen LogP contribution in [-0.2, 0) is 33.2 Å². The summed E-state index contributed by atoms with van der Waals surface area (Å²) < 4.78 is 89.4. The van der Waals surface area contributed by atoms with Crippen LogP contribution in [0.5, 0.6) is 0 Å². The minimum atomic E-state index is -4.70. The van der Waals surface area contributed by atoms with Crippen molar-refractivity contribution in [2.24, 2.45) is 11.7 Å². The number of halogens is 6. The van der Waals surface area contributed by atoms with Crippen LogP contribution >= 0.6 is 0 Å². The van der Waals surface area contributed by atoms with Gasteiger partial charge in [-0.3, -0.25) is 14.5 Å². The van der Waals surface area contributed by atoms with Gasteiger partial charge in [0.25, 0.3) is 11.8 Å². The van der Waals surface area contributed by atoms with Crippen LogP contribution in [0.3, 0.4) is 0 Å². The number of nitrogens with two attached hydrogens (primary N) is 3.